The monoisotopic (exact) mass is 216 g/mol. The summed E-state index contributed by atoms with van der Waals surface area (Å²) in [5.41, 5.74) is 0. The second-order valence-electron chi connectivity index (χ2n) is 3.36. The van der Waals surface area contributed by atoms with Crippen LogP contribution < -0.4 is 10.6 Å². The molecule has 6 heteroatoms. The van der Waals surface area contributed by atoms with Gasteiger partial charge in [0.1, 0.15) is 0 Å². The first kappa shape index (κ1) is 13.4. The van der Waals surface area contributed by atoms with E-state index >= 15 is 0 Å². The maximum atomic E-state index is 11.2. The second kappa shape index (κ2) is 6.80. The van der Waals surface area contributed by atoms with Crippen LogP contribution in [0.25, 0.3) is 0 Å². The first-order valence-corrected chi connectivity index (χ1v) is 4.64. The van der Waals surface area contributed by atoms with Gasteiger partial charge in [0.15, 0.2) is 0 Å². The molecule has 0 bridgehead atoms. The zero-order valence-corrected chi connectivity index (χ0v) is 8.87. The number of carboxylic acids is 1. The molecule has 1 atom stereocenters. The van der Waals surface area contributed by atoms with E-state index in [1.807, 2.05) is 0 Å². The van der Waals surface area contributed by atoms with Crippen LogP contribution in [0.5, 0.6) is 0 Å². The Balaban J connectivity index is 3.73. The number of hydrogen-bond donors (Lipinski definition) is 3. The highest BCUT2D eigenvalue weighted by molar-refractivity contribution is 5.84. The van der Waals surface area contributed by atoms with Crippen LogP contribution in [0.4, 0.5) is 0 Å². The summed E-state index contributed by atoms with van der Waals surface area (Å²) in [6.07, 6.45) is 0.0662. The molecule has 0 spiro atoms. The van der Waals surface area contributed by atoms with E-state index in [0.717, 1.165) is 0 Å². The van der Waals surface area contributed by atoms with Gasteiger partial charge in [0.05, 0.1) is 6.54 Å². The Hall–Kier alpha value is -1.59. The normalized spacial score (nSPS) is 11.6. The fraction of sp³-hybridized carbons (Fsp3) is 0.667. The predicted molar refractivity (Wildman–Crippen MR) is 53.1 cm³/mol. The Bertz CT molecular complexity index is 252. The third-order valence-corrected chi connectivity index (χ3v) is 1.78. The Labute approximate surface area is 88.0 Å². The van der Waals surface area contributed by atoms with Crippen molar-refractivity contribution >= 4 is 17.8 Å². The molecule has 0 saturated heterocycles. The van der Waals surface area contributed by atoms with Gasteiger partial charge in [-0.1, -0.05) is 6.92 Å². The molecular formula is C9H16N2O4. The van der Waals surface area contributed by atoms with Crippen LogP contribution in [0.2, 0.25) is 0 Å². The average Bonchev–Trinajstić information content (AvgIpc) is 2.12. The number of carboxylic acid groups (broad SMARTS) is 1. The van der Waals surface area contributed by atoms with E-state index < -0.39 is 5.97 Å². The molecule has 2 amide bonds. The number of likely N-dealkylation sites (N-methyl/N-ethyl adjacent to an activating group) is 1. The van der Waals surface area contributed by atoms with Crippen LogP contribution >= 0.6 is 0 Å². The van der Waals surface area contributed by atoms with Crippen molar-refractivity contribution in [3.63, 3.8) is 0 Å². The zero-order chi connectivity index (χ0) is 11.8. The second-order valence-corrected chi connectivity index (χ2v) is 3.36. The van der Waals surface area contributed by atoms with Gasteiger partial charge in [-0.3, -0.25) is 14.4 Å². The highest BCUT2D eigenvalue weighted by Crippen LogP contribution is 2.06. The molecule has 0 saturated carbocycles. The molecule has 15 heavy (non-hydrogen) atoms. The van der Waals surface area contributed by atoms with Crippen molar-refractivity contribution < 1.29 is 19.5 Å². The molecule has 0 aliphatic rings. The van der Waals surface area contributed by atoms with Crippen LogP contribution in [0.3, 0.4) is 0 Å². The standard InChI is InChI=1S/C9H16N2O4/c1-6(4-9(14)15)3-7(12)11-5-8(13)10-2/h6H,3-5H2,1-2H3,(H,10,13)(H,11,12)(H,14,15). The molecule has 0 aliphatic carbocycles. The zero-order valence-electron chi connectivity index (χ0n) is 8.87. The number of rotatable bonds is 6. The van der Waals surface area contributed by atoms with E-state index in [-0.39, 0.29) is 37.1 Å². The third-order valence-electron chi connectivity index (χ3n) is 1.78. The fourth-order valence-electron chi connectivity index (χ4n) is 1.03. The van der Waals surface area contributed by atoms with Crippen molar-refractivity contribution in [1.82, 2.24) is 10.6 Å². The Kier molecular flexibility index (Phi) is 6.08. The topological polar surface area (TPSA) is 95.5 Å². The molecule has 1 unspecified atom stereocenters. The van der Waals surface area contributed by atoms with Crippen LogP contribution in [0, 0.1) is 5.92 Å². The summed E-state index contributed by atoms with van der Waals surface area (Å²) in [7, 11) is 1.47. The Morgan fingerprint density at radius 3 is 2.27 bits per heavy atom. The molecule has 0 fully saturated rings. The van der Waals surface area contributed by atoms with Gasteiger partial charge >= 0.3 is 5.97 Å². The third kappa shape index (κ3) is 7.48. The molecule has 0 rings (SSSR count). The lowest BCUT2D eigenvalue weighted by Gasteiger charge is -2.08. The maximum Gasteiger partial charge on any atom is 0.303 e. The number of amides is 2. The lowest BCUT2D eigenvalue weighted by molar-refractivity contribution is -0.138. The molecule has 6 nitrogen and oxygen atoms in total. The number of hydrogen-bond acceptors (Lipinski definition) is 3. The summed E-state index contributed by atoms with van der Waals surface area (Å²) >= 11 is 0. The summed E-state index contributed by atoms with van der Waals surface area (Å²) in [5.74, 6) is -1.75. The van der Waals surface area contributed by atoms with Gasteiger partial charge in [-0.2, -0.15) is 0 Å². The van der Waals surface area contributed by atoms with Crippen LogP contribution in [-0.2, 0) is 14.4 Å². The molecule has 3 N–H and O–H groups in total. The van der Waals surface area contributed by atoms with E-state index in [4.69, 9.17) is 5.11 Å². The van der Waals surface area contributed by atoms with Crippen molar-refractivity contribution in [1.29, 1.82) is 0 Å². The van der Waals surface area contributed by atoms with Crippen LogP contribution in [0.15, 0.2) is 0 Å². The lowest BCUT2D eigenvalue weighted by atomic mass is 10.0. The smallest absolute Gasteiger partial charge is 0.303 e. The van der Waals surface area contributed by atoms with Crippen LogP contribution in [0.1, 0.15) is 19.8 Å². The van der Waals surface area contributed by atoms with Gasteiger partial charge in [-0.05, 0) is 5.92 Å². The van der Waals surface area contributed by atoms with Gasteiger partial charge in [0.2, 0.25) is 11.8 Å². The number of carbonyl (C=O) groups is 3. The highest BCUT2D eigenvalue weighted by atomic mass is 16.4. The fourth-order valence-corrected chi connectivity index (χ4v) is 1.03. The van der Waals surface area contributed by atoms with E-state index in [1.54, 1.807) is 6.92 Å². The van der Waals surface area contributed by atoms with Crippen molar-refractivity contribution in [3.05, 3.63) is 0 Å². The molecule has 0 heterocycles. The number of aliphatic carboxylic acids is 1. The average molecular weight is 216 g/mol. The number of nitrogens with one attached hydrogen (secondary N) is 2. The van der Waals surface area contributed by atoms with E-state index in [0.29, 0.717) is 0 Å². The SMILES string of the molecule is CNC(=O)CNC(=O)CC(C)CC(=O)O. The number of carbonyl (C=O) groups excluding carboxylic acids is 2. The first-order chi connectivity index (χ1) is 6.95. The lowest BCUT2D eigenvalue weighted by Crippen LogP contribution is -2.35. The molecule has 86 valence electrons. The summed E-state index contributed by atoms with van der Waals surface area (Å²) in [4.78, 5) is 32.2. The summed E-state index contributed by atoms with van der Waals surface area (Å²) in [6, 6.07) is 0. The van der Waals surface area contributed by atoms with Gasteiger partial charge in [0.25, 0.3) is 0 Å². The van der Waals surface area contributed by atoms with Gasteiger partial charge in [-0.25, -0.2) is 0 Å². The van der Waals surface area contributed by atoms with Crippen molar-refractivity contribution in [2.45, 2.75) is 19.8 Å². The van der Waals surface area contributed by atoms with Gasteiger partial charge in [0, 0.05) is 19.9 Å². The predicted octanol–water partition coefficient (Wildman–Crippen LogP) is -0.651. The van der Waals surface area contributed by atoms with E-state index in [9.17, 15) is 14.4 Å². The quantitative estimate of drug-likeness (QED) is 0.549. The Morgan fingerprint density at radius 1 is 1.20 bits per heavy atom. The molecule has 0 aromatic rings. The van der Waals surface area contributed by atoms with Gasteiger partial charge < -0.3 is 15.7 Å². The largest absolute Gasteiger partial charge is 0.481 e. The molecule has 0 aliphatic heterocycles. The van der Waals surface area contributed by atoms with Crippen molar-refractivity contribution in [2.75, 3.05) is 13.6 Å². The van der Waals surface area contributed by atoms with Crippen molar-refractivity contribution in [2.24, 2.45) is 5.92 Å². The summed E-state index contributed by atoms with van der Waals surface area (Å²) in [6.45, 7) is 1.60. The maximum absolute atomic E-state index is 11.2. The molecule has 0 radical (unpaired) electrons. The van der Waals surface area contributed by atoms with Gasteiger partial charge in [-0.15, -0.1) is 0 Å². The molecular weight excluding hydrogens is 200 g/mol. The van der Waals surface area contributed by atoms with E-state index in [1.165, 1.54) is 7.05 Å². The Morgan fingerprint density at radius 2 is 1.80 bits per heavy atom. The summed E-state index contributed by atoms with van der Waals surface area (Å²) in [5, 5.41) is 13.2. The van der Waals surface area contributed by atoms with Crippen LogP contribution in [-0.4, -0.2) is 36.5 Å². The minimum atomic E-state index is -0.929. The minimum Gasteiger partial charge on any atom is -0.481 e. The first-order valence-electron chi connectivity index (χ1n) is 4.64. The highest BCUT2D eigenvalue weighted by Gasteiger charge is 2.12. The molecule has 0 aromatic heterocycles. The van der Waals surface area contributed by atoms with E-state index in [2.05, 4.69) is 10.6 Å². The summed E-state index contributed by atoms with van der Waals surface area (Å²) < 4.78 is 0. The van der Waals surface area contributed by atoms with Crippen molar-refractivity contribution in [3.8, 4) is 0 Å². The molecule has 0 aromatic carbocycles. The minimum absolute atomic E-state index is 0.0482.